The zero-order valence-corrected chi connectivity index (χ0v) is 21.8. The van der Waals surface area contributed by atoms with Gasteiger partial charge in [0.25, 0.3) is 5.91 Å². The smallest absolute Gasteiger partial charge is 0.258 e. The number of benzene rings is 2. The topological polar surface area (TPSA) is 77.4 Å². The number of rotatable bonds is 9. The minimum atomic E-state index is -0.475. The first-order chi connectivity index (χ1) is 16.9. The van der Waals surface area contributed by atoms with Gasteiger partial charge < -0.3 is 15.0 Å². The Labute approximate surface area is 215 Å². The lowest BCUT2D eigenvalue weighted by Gasteiger charge is -2.32. The van der Waals surface area contributed by atoms with Crippen LogP contribution in [0.25, 0.3) is 0 Å². The van der Waals surface area contributed by atoms with Gasteiger partial charge in [0.05, 0.1) is 7.11 Å². The third kappa shape index (κ3) is 7.27. The van der Waals surface area contributed by atoms with E-state index in [0.717, 1.165) is 47.6 Å². The third-order valence-corrected chi connectivity index (χ3v) is 7.47. The number of aryl methyl sites for hydroxylation is 1. The molecule has 2 aromatic carbocycles. The first-order valence-electron chi connectivity index (χ1n) is 12.4. The highest BCUT2D eigenvalue weighted by atomic mass is 79.9. The SMILES string of the molecule is COc1ccc(Br)cc1CCc1c(F)cccc1C(=O)NC(=N)NCC1CCN(CC2CC2)CC1. The fourth-order valence-corrected chi connectivity index (χ4v) is 5.15. The number of likely N-dealkylation sites (tertiary alicyclic amines) is 1. The van der Waals surface area contributed by atoms with Gasteiger partial charge in [-0.1, -0.05) is 22.0 Å². The lowest BCUT2D eigenvalue weighted by Crippen LogP contribution is -2.44. The molecular weight excluding hydrogens is 511 g/mol. The molecule has 0 aromatic heterocycles. The minimum absolute atomic E-state index is 0.0423. The zero-order chi connectivity index (χ0) is 24.8. The van der Waals surface area contributed by atoms with Crippen molar-refractivity contribution >= 4 is 27.8 Å². The fraction of sp³-hybridized carbons (Fsp3) is 0.481. The number of halogens is 2. The Hall–Kier alpha value is -2.45. The van der Waals surface area contributed by atoms with Gasteiger partial charge in [0.15, 0.2) is 5.96 Å². The van der Waals surface area contributed by atoms with Crippen LogP contribution in [0.3, 0.4) is 0 Å². The Balaban J connectivity index is 1.30. The van der Waals surface area contributed by atoms with E-state index in [1.807, 2.05) is 18.2 Å². The van der Waals surface area contributed by atoms with Crippen LogP contribution in [-0.2, 0) is 12.8 Å². The summed E-state index contributed by atoms with van der Waals surface area (Å²) >= 11 is 3.46. The van der Waals surface area contributed by atoms with Gasteiger partial charge in [-0.3, -0.25) is 15.5 Å². The zero-order valence-electron chi connectivity index (χ0n) is 20.2. The van der Waals surface area contributed by atoms with Crippen molar-refractivity contribution in [1.82, 2.24) is 15.5 Å². The standard InChI is InChI=1S/C27H34BrFN4O2/c1-35-25-10-8-21(28)15-20(25)7-9-22-23(3-2-4-24(22)29)26(34)32-27(30)31-16-18-11-13-33(14-12-18)17-19-5-6-19/h2-4,8,10,15,18-19H,5-7,9,11-14,16-17H2,1H3,(H3,30,31,32,34). The average Bonchev–Trinajstić information content (AvgIpc) is 3.67. The number of nitrogens with zero attached hydrogens (tertiary/aromatic N) is 1. The van der Waals surface area contributed by atoms with Crippen molar-refractivity contribution in [2.24, 2.45) is 11.8 Å². The normalized spacial score (nSPS) is 16.7. The summed E-state index contributed by atoms with van der Waals surface area (Å²) in [5.74, 6) is 1.19. The quantitative estimate of drug-likeness (QED) is 0.314. The number of amides is 1. The van der Waals surface area contributed by atoms with Crippen molar-refractivity contribution in [1.29, 1.82) is 5.41 Å². The molecule has 188 valence electrons. The molecule has 6 nitrogen and oxygen atoms in total. The van der Waals surface area contributed by atoms with Crippen molar-refractivity contribution in [3.05, 3.63) is 63.4 Å². The maximum atomic E-state index is 14.7. The second-order valence-corrected chi connectivity index (χ2v) is 10.5. The summed E-state index contributed by atoms with van der Waals surface area (Å²) in [6, 6.07) is 10.2. The molecule has 1 aliphatic carbocycles. The molecule has 0 atom stereocenters. The van der Waals surface area contributed by atoms with Crippen molar-refractivity contribution in [3.8, 4) is 5.75 Å². The minimum Gasteiger partial charge on any atom is -0.496 e. The first-order valence-corrected chi connectivity index (χ1v) is 13.2. The highest BCUT2D eigenvalue weighted by Gasteiger charge is 2.27. The molecule has 2 aromatic rings. The molecule has 1 saturated carbocycles. The molecule has 35 heavy (non-hydrogen) atoms. The van der Waals surface area contributed by atoms with Gasteiger partial charge in [0.1, 0.15) is 11.6 Å². The number of piperidine rings is 1. The monoisotopic (exact) mass is 544 g/mol. The van der Waals surface area contributed by atoms with Crippen LogP contribution < -0.4 is 15.4 Å². The highest BCUT2D eigenvalue weighted by Crippen LogP contribution is 2.31. The summed E-state index contributed by atoms with van der Waals surface area (Å²) in [4.78, 5) is 15.5. The summed E-state index contributed by atoms with van der Waals surface area (Å²) in [5, 5.41) is 13.8. The van der Waals surface area contributed by atoms with Gasteiger partial charge in [-0.15, -0.1) is 0 Å². The molecule has 2 fully saturated rings. The molecule has 3 N–H and O–H groups in total. The summed E-state index contributed by atoms with van der Waals surface area (Å²) in [7, 11) is 1.60. The van der Waals surface area contributed by atoms with Crippen LogP contribution in [0.2, 0.25) is 0 Å². The van der Waals surface area contributed by atoms with E-state index in [1.165, 1.54) is 31.5 Å². The van der Waals surface area contributed by atoms with Gasteiger partial charge in [-0.05, 0) is 99.3 Å². The van der Waals surface area contributed by atoms with E-state index in [4.69, 9.17) is 10.1 Å². The van der Waals surface area contributed by atoms with Crippen LogP contribution in [-0.4, -0.2) is 50.1 Å². The molecule has 0 bridgehead atoms. The second-order valence-electron chi connectivity index (χ2n) is 9.62. The average molecular weight is 545 g/mol. The molecular formula is C27H34BrFN4O2. The van der Waals surface area contributed by atoms with E-state index in [9.17, 15) is 9.18 Å². The molecule has 1 saturated heterocycles. The number of hydrogen-bond acceptors (Lipinski definition) is 4. The van der Waals surface area contributed by atoms with E-state index in [-0.39, 0.29) is 11.5 Å². The van der Waals surface area contributed by atoms with Gasteiger partial charge in [-0.2, -0.15) is 0 Å². The Morgan fingerprint density at radius 2 is 1.91 bits per heavy atom. The Morgan fingerprint density at radius 1 is 1.14 bits per heavy atom. The second kappa shape index (κ2) is 12.0. The Kier molecular flexibility index (Phi) is 8.78. The van der Waals surface area contributed by atoms with Crippen LogP contribution in [0.15, 0.2) is 40.9 Å². The first kappa shape index (κ1) is 25.6. The van der Waals surface area contributed by atoms with Crippen LogP contribution in [0.4, 0.5) is 4.39 Å². The van der Waals surface area contributed by atoms with Gasteiger partial charge in [-0.25, -0.2) is 4.39 Å². The number of methoxy groups -OCH3 is 1. The summed E-state index contributed by atoms with van der Waals surface area (Å²) in [5.41, 5.74) is 1.51. The molecule has 1 aliphatic heterocycles. The number of nitrogens with one attached hydrogen (secondary N) is 3. The molecule has 8 heteroatoms. The molecule has 0 radical (unpaired) electrons. The lowest BCUT2D eigenvalue weighted by atomic mass is 9.96. The van der Waals surface area contributed by atoms with E-state index in [0.29, 0.717) is 30.9 Å². The maximum absolute atomic E-state index is 14.7. The highest BCUT2D eigenvalue weighted by molar-refractivity contribution is 9.10. The number of hydrogen-bond donors (Lipinski definition) is 3. The van der Waals surface area contributed by atoms with Crippen LogP contribution in [0.5, 0.6) is 5.75 Å². The Morgan fingerprint density at radius 3 is 2.63 bits per heavy atom. The number of ether oxygens (including phenoxy) is 1. The van der Waals surface area contributed by atoms with E-state index >= 15 is 0 Å². The molecule has 0 spiro atoms. The maximum Gasteiger partial charge on any atom is 0.258 e. The fourth-order valence-electron chi connectivity index (χ4n) is 4.74. The van der Waals surface area contributed by atoms with E-state index in [2.05, 4.69) is 31.5 Å². The van der Waals surface area contributed by atoms with Crippen molar-refractivity contribution < 1.29 is 13.9 Å². The summed E-state index contributed by atoms with van der Waals surface area (Å²) < 4.78 is 21.1. The number of carbonyl (C=O) groups excluding carboxylic acids is 1. The molecule has 1 heterocycles. The van der Waals surface area contributed by atoms with E-state index in [1.54, 1.807) is 13.2 Å². The predicted octanol–water partition coefficient (Wildman–Crippen LogP) is 4.76. The van der Waals surface area contributed by atoms with Crippen LogP contribution in [0, 0.1) is 23.1 Å². The van der Waals surface area contributed by atoms with Crippen molar-refractivity contribution in [2.45, 2.75) is 38.5 Å². The third-order valence-electron chi connectivity index (χ3n) is 6.98. The summed E-state index contributed by atoms with van der Waals surface area (Å²) in [6.07, 6.45) is 5.82. The molecule has 1 amide bonds. The summed E-state index contributed by atoms with van der Waals surface area (Å²) in [6.45, 7) is 4.11. The van der Waals surface area contributed by atoms with Crippen LogP contribution in [0.1, 0.15) is 47.2 Å². The molecule has 2 aliphatic rings. The van der Waals surface area contributed by atoms with Gasteiger partial charge in [0, 0.05) is 28.7 Å². The van der Waals surface area contributed by atoms with Gasteiger partial charge >= 0.3 is 0 Å². The molecule has 4 rings (SSSR count). The Bertz CT molecular complexity index is 1050. The molecule has 0 unspecified atom stereocenters. The van der Waals surface area contributed by atoms with E-state index < -0.39 is 11.7 Å². The number of carbonyl (C=O) groups is 1. The number of guanidine groups is 1. The van der Waals surface area contributed by atoms with Crippen molar-refractivity contribution in [3.63, 3.8) is 0 Å². The van der Waals surface area contributed by atoms with Crippen molar-refractivity contribution in [2.75, 3.05) is 33.3 Å². The van der Waals surface area contributed by atoms with Gasteiger partial charge in [0.2, 0.25) is 0 Å². The lowest BCUT2D eigenvalue weighted by molar-refractivity contribution is 0.0973. The van der Waals surface area contributed by atoms with Crippen LogP contribution >= 0.6 is 15.9 Å². The predicted molar refractivity (Wildman–Crippen MR) is 140 cm³/mol. The largest absolute Gasteiger partial charge is 0.496 e.